The Balaban J connectivity index is 1.52. The van der Waals surface area contributed by atoms with E-state index in [1.807, 2.05) is 93.3 Å². The molecule has 0 aromatic heterocycles. The van der Waals surface area contributed by atoms with E-state index in [1.54, 1.807) is 6.92 Å². The molecule has 2 aliphatic rings. The van der Waals surface area contributed by atoms with Gasteiger partial charge >= 0.3 is 0 Å². The van der Waals surface area contributed by atoms with Crippen molar-refractivity contribution >= 4 is 29.4 Å². The van der Waals surface area contributed by atoms with Gasteiger partial charge in [0.2, 0.25) is 23.6 Å². The molecule has 5 atom stereocenters. The molecule has 4 N–H and O–H groups in total. The molecule has 4 rings (SSSR count). The van der Waals surface area contributed by atoms with Gasteiger partial charge in [-0.2, -0.15) is 0 Å². The van der Waals surface area contributed by atoms with Crippen LogP contribution in [0.25, 0.3) is 0 Å². The van der Waals surface area contributed by atoms with Gasteiger partial charge in [0.05, 0.1) is 32.4 Å². The van der Waals surface area contributed by atoms with Crippen LogP contribution in [-0.2, 0) is 46.3 Å². The minimum Gasteiger partial charge on any atom is -0.379 e. The largest absolute Gasteiger partial charge is 0.379 e. The fraction of sp³-hybridized carbons (Fsp3) is 0.585. The van der Waals surface area contributed by atoms with E-state index in [2.05, 4.69) is 21.3 Å². The van der Waals surface area contributed by atoms with E-state index in [0.29, 0.717) is 65.0 Å². The minimum atomic E-state index is -1.03. The van der Waals surface area contributed by atoms with E-state index < -0.39 is 47.5 Å². The van der Waals surface area contributed by atoms with Crippen molar-refractivity contribution < 1.29 is 33.4 Å². The molecule has 0 bridgehead atoms. The lowest BCUT2D eigenvalue weighted by atomic mass is 9.93. The molecule has 12 heteroatoms. The third-order valence-corrected chi connectivity index (χ3v) is 9.71. The monoisotopic (exact) mass is 733 g/mol. The molecule has 2 aromatic carbocycles. The molecule has 2 heterocycles. The molecule has 2 aromatic rings. The predicted molar refractivity (Wildman–Crippen MR) is 203 cm³/mol. The van der Waals surface area contributed by atoms with Crippen LogP contribution in [0, 0.1) is 11.8 Å². The molecule has 4 amide bonds. The highest BCUT2D eigenvalue weighted by atomic mass is 16.6. The van der Waals surface area contributed by atoms with Crippen LogP contribution in [0.5, 0.6) is 0 Å². The maximum atomic E-state index is 14.2. The summed E-state index contributed by atoms with van der Waals surface area (Å²) in [7, 11) is 0. The second-order valence-corrected chi connectivity index (χ2v) is 15.4. The summed E-state index contributed by atoms with van der Waals surface area (Å²) < 4.78 is 10.8. The number of rotatable bonds is 21. The van der Waals surface area contributed by atoms with Gasteiger partial charge in [0, 0.05) is 19.5 Å². The van der Waals surface area contributed by atoms with Gasteiger partial charge in [-0.3, -0.25) is 28.9 Å². The molecule has 0 aliphatic carbocycles. The first kappa shape index (κ1) is 41.6. The molecule has 0 radical (unpaired) electrons. The number of hydrogen-bond donors (Lipinski definition) is 4. The number of hydrogen-bond acceptors (Lipinski definition) is 8. The Hall–Kier alpha value is -4.13. The average Bonchev–Trinajstić information content (AvgIpc) is 3.89. The van der Waals surface area contributed by atoms with Gasteiger partial charge in [-0.15, -0.1) is 0 Å². The van der Waals surface area contributed by atoms with E-state index in [0.717, 1.165) is 11.1 Å². The van der Waals surface area contributed by atoms with Crippen molar-refractivity contribution in [1.29, 1.82) is 0 Å². The summed E-state index contributed by atoms with van der Waals surface area (Å²) in [6.45, 7) is 12.5. The number of nitrogens with zero attached hydrogens (tertiary/aromatic N) is 1. The molecule has 0 spiro atoms. The van der Waals surface area contributed by atoms with Crippen molar-refractivity contribution in [2.45, 2.75) is 103 Å². The van der Waals surface area contributed by atoms with Crippen LogP contribution in [0.1, 0.15) is 71.4 Å². The lowest BCUT2D eigenvalue weighted by Crippen LogP contribution is -2.59. The Labute approximate surface area is 314 Å². The third-order valence-electron chi connectivity index (χ3n) is 9.71. The molecule has 0 unspecified atom stereocenters. The molecule has 2 saturated heterocycles. The highest BCUT2D eigenvalue weighted by Gasteiger charge is 2.50. The maximum absolute atomic E-state index is 14.2. The number of ketones is 1. The van der Waals surface area contributed by atoms with Crippen molar-refractivity contribution in [3.05, 3.63) is 71.8 Å². The van der Waals surface area contributed by atoms with Crippen molar-refractivity contribution in [1.82, 2.24) is 26.2 Å². The van der Waals surface area contributed by atoms with Gasteiger partial charge in [-0.05, 0) is 62.0 Å². The number of carbonyl (C=O) groups excluding carboxylic acids is 5. The zero-order chi connectivity index (χ0) is 38.4. The van der Waals surface area contributed by atoms with Crippen molar-refractivity contribution in [2.75, 3.05) is 39.5 Å². The molecule has 53 heavy (non-hydrogen) atoms. The van der Waals surface area contributed by atoms with E-state index in [9.17, 15) is 24.0 Å². The number of epoxide rings is 1. The maximum Gasteiger partial charge on any atom is 0.243 e. The average molecular weight is 734 g/mol. The van der Waals surface area contributed by atoms with E-state index in [1.165, 1.54) is 0 Å². The summed E-state index contributed by atoms with van der Waals surface area (Å²) in [5.41, 5.74) is 0.920. The molecular weight excluding hydrogens is 674 g/mol. The molecular formula is C41H59N5O7. The predicted octanol–water partition coefficient (Wildman–Crippen LogP) is 2.97. The lowest BCUT2D eigenvalue weighted by Gasteiger charge is -2.28. The molecule has 2 fully saturated rings. The van der Waals surface area contributed by atoms with Crippen LogP contribution in [0.15, 0.2) is 60.7 Å². The Morgan fingerprint density at radius 1 is 0.679 bits per heavy atom. The number of ether oxygens (including phenoxy) is 2. The second-order valence-electron chi connectivity index (χ2n) is 15.4. The summed E-state index contributed by atoms with van der Waals surface area (Å²) in [6.07, 6.45) is 2.43. The second kappa shape index (κ2) is 20.4. The van der Waals surface area contributed by atoms with Crippen molar-refractivity contribution in [3.8, 4) is 0 Å². The van der Waals surface area contributed by atoms with Crippen LogP contribution in [-0.4, -0.2) is 104 Å². The number of nitrogens with one attached hydrogen (secondary N) is 4. The SMILES string of the molecule is CC(C)CC[C@@H](NC(=O)[C@@H](CCc1ccccc1)NC(=O)CN1CCOCC1)C(=O)N[C@@H](Cc1ccccc1)C(=O)N[C@H](CC(C)C)C(=O)[C@]1(C)CO1. The highest BCUT2D eigenvalue weighted by molar-refractivity contribution is 5.98. The van der Waals surface area contributed by atoms with Crippen LogP contribution in [0.2, 0.25) is 0 Å². The first-order valence-corrected chi connectivity index (χ1v) is 19.1. The van der Waals surface area contributed by atoms with Crippen molar-refractivity contribution in [2.24, 2.45) is 11.8 Å². The Kier molecular flexibility index (Phi) is 16.0. The summed E-state index contributed by atoms with van der Waals surface area (Å²) >= 11 is 0. The third kappa shape index (κ3) is 14.0. The minimum absolute atomic E-state index is 0.119. The number of amides is 4. The standard InChI is InChI=1S/C41H59N5O7/c1-28(2)16-18-33(43-38(49)32(19-17-30-12-8-6-9-13-30)42-36(47)26-46-20-22-52-23-21-46)39(50)45-35(25-31-14-10-7-11-15-31)40(51)44-34(24-29(3)4)37(48)41(5)27-53-41/h6-15,28-29,32-35H,16-27H2,1-5H3,(H,42,47)(H,43,49)(H,44,51)(H,45,50)/t32-,33-,34-,35+,41+/m1/s1. The quantitative estimate of drug-likeness (QED) is 0.143. The molecule has 0 saturated carbocycles. The number of aryl methyl sites for hydroxylation is 1. The highest BCUT2D eigenvalue weighted by Crippen LogP contribution is 2.29. The fourth-order valence-electron chi connectivity index (χ4n) is 6.39. The van der Waals surface area contributed by atoms with Gasteiger partial charge in [0.1, 0.15) is 23.7 Å². The summed E-state index contributed by atoms with van der Waals surface area (Å²) in [4.78, 5) is 70.7. The zero-order valence-corrected chi connectivity index (χ0v) is 32.0. The summed E-state index contributed by atoms with van der Waals surface area (Å²) in [5.74, 6) is -1.58. The fourth-order valence-corrected chi connectivity index (χ4v) is 6.39. The summed E-state index contributed by atoms with van der Waals surface area (Å²) in [5, 5.41) is 11.7. The van der Waals surface area contributed by atoms with Gasteiger partial charge in [0.15, 0.2) is 5.78 Å². The number of benzene rings is 2. The molecule has 12 nitrogen and oxygen atoms in total. The summed E-state index contributed by atoms with van der Waals surface area (Å²) in [6, 6.07) is 15.4. The van der Waals surface area contributed by atoms with E-state index >= 15 is 0 Å². The van der Waals surface area contributed by atoms with Crippen LogP contribution in [0.4, 0.5) is 0 Å². The molecule has 2 aliphatic heterocycles. The van der Waals surface area contributed by atoms with Crippen molar-refractivity contribution in [3.63, 3.8) is 0 Å². The van der Waals surface area contributed by atoms with E-state index in [4.69, 9.17) is 9.47 Å². The smallest absolute Gasteiger partial charge is 0.243 e. The van der Waals surface area contributed by atoms with Gasteiger partial charge in [-0.1, -0.05) is 88.4 Å². The van der Waals surface area contributed by atoms with Gasteiger partial charge in [0.25, 0.3) is 0 Å². The zero-order valence-electron chi connectivity index (χ0n) is 32.0. The normalized spacial score (nSPS) is 19.5. The Bertz CT molecular complexity index is 1490. The Morgan fingerprint density at radius 3 is 1.77 bits per heavy atom. The first-order chi connectivity index (χ1) is 25.3. The number of morpholine rings is 1. The lowest BCUT2D eigenvalue weighted by molar-refractivity contribution is -0.135. The van der Waals surface area contributed by atoms with Gasteiger partial charge < -0.3 is 30.7 Å². The van der Waals surface area contributed by atoms with Crippen LogP contribution < -0.4 is 21.3 Å². The number of Topliss-reactive ketones (excluding diaryl/α,β-unsaturated/α-hetero) is 1. The van der Waals surface area contributed by atoms with Crippen LogP contribution in [0.3, 0.4) is 0 Å². The molecule has 290 valence electrons. The van der Waals surface area contributed by atoms with E-state index in [-0.39, 0.29) is 36.5 Å². The van der Waals surface area contributed by atoms with Gasteiger partial charge in [-0.25, -0.2) is 0 Å². The van der Waals surface area contributed by atoms with Crippen LogP contribution >= 0.6 is 0 Å². The topological polar surface area (TPSA) is 158 Å². The number of carbonyl (C=O) groups is 5. The Morgan fingerprint density at radius 2 is 1.21 bits per heavy atom. The first-order valence-electron chi connectivity index (χ1n) is 19.1.